The van der Waals surface area contributed by atoms with Gasteiger partial charge in [0, 0.05) is 19.1 Å². The lowest BCUT2D eigenvalue weighted by molar-refractivity contribution is -0.0302. The summed E-state index contributed by atoms with van der Waals surface area (Å²) >= 11 is 0. The second-order valence-corrected chi connectivity index (χ2v) is 4.62. The molecule has 0 aromatic heterocycles. The third kappa shape index (κ3) is 2.90. The van der Waals surface area contributed by atoms with E-state index in [2.05, 4.69) is 0 Å². The zero-order valence-electron chi connectivity index (χ0n) is 10.6. The minimum absolute atomic E-state index is 0.240. The standard InChI is InChI=1S/C13H16F2N2O2/c1-8(16)11-7-17(5-6-19-11)13(18)12-9(14)3-2-4-10(12)15/h2-4,8,11H,5-7,16H2,1H3. The summed E-state index contributed by atoms with van der Waals surface area (Å²) in [5, 5.41) is 0. The van der Waals surface area contributed by atoms with Crippen molar-refractivity contribution in [3.63, 3.8) is 0 Å². The topological polar surface area (TPSA) is 55.6 Å². The molecular formula is C13H16F2N2O2. The highest BCUT2D eigenvalue weighted by Gasteiger charge is 2.29. The molecule has 0 saturated carbocycles. The first-order chi connectivity index (χ1) is 9.00. The summed E-state index contributed by atoms with van der Waals surface area (Å²) < 4.78 is 32.5. The molecule has 2 atom stereocenters. The first kappa shape index (κ1) is 13.9. The number of carbonyl (C=O) groups excluding carboxylic acids is 1. The fourth-order valence-corrected chi connectivity index (χ4v) is 2.04. The van der Waals surface area contributed by atoms with Crippen LogP contribution < -0.4 is 5.73 Å². The van der Waals surface area contributed by atoms with Crippen molar-refractivity contribution < 1.29 is 18.3 Å². The van der Waals surface area contributed by atoms with Crippen LogP contribution in [0.4, 0.5) is 8.78 Å². The molecule has 0 radical (unpaired) electrons. The molecule has 2 unspecified atom stereocenters. The Morgan fingerprint density at radius 3 is 2.68 bits per heavy atom. The number of carbonyl (C=O) groups is 1. The summed E-state index contributed by atoms with van der Waals surface area (Å²) in [6.07, 6.45) is -0.312. The van der Waals surface area contributed by atoms with Crippen LogP contribution in [-0.4, -0.2) is 42.6 Å². The summed E-state index contributed by atoms with van der Waals surface area (Å²) in [4.78, 5) is 13.5. The Morgan fingerprint density at radius 1 is 1.47 bits per heavy atom. The second-order valence-electron chi connectivity index (χ2n) is 4.62. The largest absolute Gasteiger partial charge is 0.373 e. The summed E-state index contributed by atoms with van der Waals surface area (Å²) in [7, 11) is 0. The summed E-state index contributed by atoms with van der Waals surface area (Å²) in [5.74, 6) is -2.37. The first-order valence-electron chi connectivity index (χ1n) is 6.11. The van der Waals surface area contributed by atoms with Crippen LogP contribution in [0, 0.1) is 11.6 Å². The third-order valence-electron chi connectivity index (χ3n) is 3.14. The van der Waals surface area contributed by atoms with Crippen molar-refractivity contribution in [2.75, 3.05) is 19.7 Å². The van der Waals surface area contributed by atoms with Gasteiger partial charge in [0.05, 0.1) is 12.7 Å². The molecule has 1 aliphatic heterocycles. The van der Waals surface area contributed by atoms with E-state index in [0.29, 0.717) is 13.2 Å². The number of rotatable bonds is 2. The van der Waals surface area contributed by atoms with Crippen LogP contribution in [0.15, 0.2) is 18.2 Å². The van der Waals surface area contributed by atoms with Crippen LogP contribution in [0.3, 0.4) is 0 Å². The molecule has 2 N–H and O–H groups in total. The number of halogens is 2. The van der Waals surface area contributed by atoms with E-state index in [-0.39, 0.29) is 18.7 Å². The Hall–Kier alpha value is -1.53. The van der Waals surface area contributed by atoms with Gasteiger partial charge in [-0.2, -0.15) is 0 Å². The Bertz CT molecular complexity index is 459. The van der Waals surface area contributed by atoms with Gasteiger partial charge in [-0.15, -0.1) is 0 Å². The normalized spacial score (nSPS) is 21.3. The van der Waals surface area contributed by atoms with Gasteiger partial charge in [-0.25, -0.2) is 8.78 Å². The Kier molecular flexibility index (Phi) is 4.11. The molecule has 1 aromatic carbocycles. The number of hydrogen-bond donors (Lipinski definition) is 1. The van der Waals surface area contributed by atoms with Crippen LogP contribution in [0.25, 0.3) is 0 Å². The quantitative estimate of drug-likeness (QED) is 0.877. The average molecular weight is 270 g/mol. The lowest BCUT2D eigenvalue weighted by atomic mass is 10.1. The van der Waals surface area contributed by atoms with Crippen LogP contribution in [-0.2, 0) is 4.74 Å². The molecular weight excluding hydrogens is 254 g/mol. The molecule has 1 aromatic rings. The number of amides is 1. The zero-order chi connectivity index (χ0) is 14.0. The van der Waals surface area contributed by atoms with Crippen LogP contribution in [0.5, 0.6) is 0 Å². The number of ether oxygens (including phenoxy) is 1. The predicted octanol–water partition coefficient (Wildman–Crippen LogP) is 1.15. The van der Waals surface area contributed by atoms with Crippen LogP contribution >= 0.6 is 0 Å². The van der Waals surface area contributed by atoms with E-state index in [4.69, 9.17) is 10.5 Å². The highest BCUT2D eigenvalue weighted by atomic mass is 19.1. The van der Waals surface area contributed by atoms with Gasteiger partial charge in [-0.1, -0.05) is 6.07 Å². The third-order valence-corrected chi connectivity index (χ3v) is 3.14. The van der Waals surface area contributed by atoms with Gasteiger partial charge >= 0.3 is 0 Å². The maximum atomic E-state index is 13.6. The van der Waals surface area contributed by atoms with Crippen molar-refractivity contribution in [2.45, 2.75) is 19.1 Å². The van der Waals surface area contributed by atoms with Gasteiger partial charge < -0.3 is 15.4 Å². The van der Waals surface area contributed by atoms with E-state index in [0.717, 1.165) is 12.1 Å². The maximum absolute atomic E-state index is 13.6. The molecule has 0 bridgehead atoms. The molecule has 1 heterocycles. The van der Waals surface area contributed by atoms with Crippen molar-refractivity contribution in [1.29, 1.82) is 0 Å². The highest BCUT2D eigenvalue weighted by molar-refractivity contribution is 5.94. The lowest BCUT2D eigenvalue weighted by Gasteiger charge is -2.34. The first-order valence-corrected chi connectivity index (χ1v) is 6.11. The maximum Gasteiger partial charge on any atom is 0.259 e. The zero-order valence-corrected chi connectivity index (χ0v) is 10.6. The SMILES string of the molecule is CC(N)C1CN(C(=O)c2c(F)cccc2F)CCO1. The summed E-state index contributed by atoms with van der Waals surface area (Å²) in [5.41, 5.74) is 5.20. The van der Waals surface area contributed by atoms with Crippen LogP contribution in [0.1, 0.15) is 17.3 Å². The van der Waals surface area contributed by atoms with Gasteiger partial charge in [0.1, 0.15) is 17.2 Å². The number of hydrogen-bond acceptors (Lipinski definition) is 3. The monoisotopic (exact) mass is 270 g/mol. The number of nitrogens with zero attached hydrogens (tertiary/aromatic N) is 1. The molecule has 1 saturated heterocycles. The average Bonchev–Trinajstić information content (AvgIpc) is 2.38. The van der Waals surface area contributed by atoms with E-state index < -0.39 is 23.1 Å². The van der Waals surface area contributed by atoms with Gasteiger partial charge in [0.2, 0.25) is 0 Å². The van der Waals surface area contributed by atoms with E-state index >= 15 is 0 Å². The highest BCUT2D eigenvalue weighted by Crippen LogP contribution is 2.17. The van der Waals surface area contributed by atoms with E-state index in [9.17, 15) is 13.6 Å². The van der Waals surface area contributed by atoms with Gasteiger partial charge in [0.15, 0.2) is 0 Å². The Balaban J connectivity index is 2.20. The summed E-state index contributed by atoms with van der Waals surface area (Å²) in [6.45, 7) is 2.62. The Morgan fingerprint density at radius 2 is 2.11 bits per heavy atom. The van der Waals surface area contributed by atoms with Gasteiger partial charge in [-0.05, 0) is 19.1 Å². The molecule has 1 amide bonds. The van der Waals surface area contributed by atoms with Crippen molar-refractivity contribution in [2.24, 2.45) is 5.73 Å². The number of benzene rings is 1. The lowest BCUT2D eigenvalue weighted by Crippen LogP contribution is -2.51. The van der Waals surface area contributed by atoms with Gasteiger partial charge in [0.25, 0.3) is 5.91 Å². The molecule has 104 valence electrons. The Labute approximate surface area is 110 Å². The minimum atomic E-state index is -0.853. The number of morpholine rings is 1. The smallest absolute Gasteiger partial charge is 0.259 e. The van der Waals surface area contributed by atoms with Crippen LogP contribution in [0.2, 0.25) is 0 Å². The van der Waals surface area contributed by atoms with E-state index in [1.165, 1.54) is 11.0 Å². The molecule has 0 spiro atoms. The van der Waals surface area contributed by atoms with E-state index in [1.54, 1.807) is 6.92 Å². The molecule has 1 fully saturated rings. The van der Waals surface area contributed by atoms with Crippen molar-refractivity contribution in [1.82, 2.24) is 4.90 Å². The minimum Gasteiger partial charge on any atom is -0.373 e. The fraction of sp³-hybridized carbons (Fsp3) is 0.462. The molecule has 0 aliphatic carbocycles. The van der Waals surface area contributed by atoms with Crippen molar-refractivity contribution in [3.8, 4) is 0 Å². The van der Waals surface area contributed by atoms with Crippen molar-refractivity contribution in [3.05, 3.63) is 35.4 Å². The second kappa shape index (κ2) is 5.63. The van der Waals surface area contributed by atoms with E-state index in [1.807, 2.05) is 0 Å². The molecule has 6 heteroatoms. The molecule has 4 nitrogen and oxygen atoms in total. The number of nitrogens with two attached hydrogens (primary N) is 1. The fourth-order valence-electron chi connectivity index (χ4n) is 2.04. The molecule has 19 heavy (non-hydrogen) atoms. The predicted molar refractivity (Wildman–Crippen MR) is 65.7 cm³/mol. The summed E-state index contributed by atoms with van der Waals surface area (Å²) in [6, 6.07) is 3.12. The van der Waals surface area contributed by atoms with Crippen molar-refractivity contribution >= 4 is 5.91 Å². The van der Waals surface area contributed by atoms with Gasteiger partial charge in [-0.3, -0.25) is 4.79 Å². The molecule has 1 aliphatic rings. The molecule has 2 rings (SSSR count).